The van der Waals surface area contributed by atoms with Gasteiger partial charge >= 0.3 is 12.1 Å². The molecule has 1 heterocycles. The number of amides is 1. The molecule has 0 aliphatic heterocycles. The van der Waals surface area contributed by atoms with Crippen LogP contribution >= 0.6 is 0 Å². The first-order valence-corrected chi connectivity index (χ1v) is 8.76. The Bertz CT molecular complexity index is 733. The van der Waals surface area contributed by atoms with Gasteiger partial charge in [0.2, 0.25) is 5.82 Å². The van der Waals surface area contributed by atoms with Gasteiger partial charge in [-0.05, 0) is 25.0 Å². The van der Waals surface area contributed by atoms with Gasteiger partial charge in [0, 0.05) is 17.2 Å². The summed E-state index contributed by atoms with van der Waals surface area (Å²) in [7, 11) is 0. The Morgan fingerprint density at radius 3 is 2.23 bits per heavy atom. The van der Waals surface area contributed by atoms with Crippen molar-refractivity contribution in [2.45, 2.75) is 57.2 Å². The zero-order chi connectivity index (χ0) is 18.6. The summed E-state index contributed by atoms with van der Waals surface area (Å²) in [5.41, 5.74) is 0.808. The van der Waals surface area contributed by atoms with Crippen LogP contribution in [-0.4, -0.2) is 22.1 Å². The fraction of sp³-hybridized carbons (Fsp3) is 0.500. The molecule has 26 heavy (non-hydrogen) atoms. The third kappa shape index (κ3) is 4.62. The Morgan fingerprint density at radius 2 is 1.65 bits per heavy atom. The highest BCUT2D eigenvalue weighted by Gasteiger charge is 2.38. The topological polar surface area (TPSA) is 68.0 Å². The van der Waals surface area contributed by atoms with Crippen LogP contribution in [0.2, 0.25) is 0 Å². The van der Waals surface area contributed by atoms with E-state index in [9.17, 15) is 18.0 Å². The molecule has 1 amide bonds. The number of hydrogen-bond donors (Lipinski definition) is 1. The van der Waals surface area contributed by atoms with Crippen LogP contribution in [0.15, 0.2) is 28.8 Å². The van der Waals surface area contributed by atoms with Gasteiger partial charge in [0.25, 0.3) is 5.91 Å². The largest absolute Gasteiger partial charge is 0.471 e. The monoisotopic (exact) mass is 367 g/mol. The smallest absolute Gasteiger partial charge is 0.349 e. The van der Waals surface area contributed by atoms with Crippen LogP contribution < -0.4 is 5.32 Å². The van der Waals surface area contributed by atoms with Crippen molar-refractivity contribution in [2.24, 2.45) is 0 Å². The minimum atomic E-state index is -4.68. The van der Waals surface area contributed by atoms with Crippen LogP contribution in [0.1, 0.15) is 61.2 Å². The molecule has 0 unspecified atom stereocenters. The molecule has 0 atom stereocenters. The van der Waals surface area contributed by atoms with Crippen molar-refractivity contribution in [1.82, 2.24) is 15.5 Å². The number of nitrogens with one attached hydrogen (secondary N) is 1. The molecule has 1 aromatic carbocycles. The highest BCUT2D eigenvalue weighted by Crippen LogP contribution is 2.29. The third-order valence-electron chi connectivity index (χ3n) is 4.51. The average Bonchev–Trinajstić information content (AvgIpc) is 3.07. The average molecular weight is 367 g/mol. The molecule has 1 aliphatic rings. The van der Waals surface area contributed by atoms with Crippen molar-refractivity contribution >= 4 is 5.91 Å². The molecule has 0 radical (unpaired) electrons. The number of carbonyl (C=O) groups excluding carboxylic acids is 1. The molecule has 0 spiro atoms. The molecule has 5 nitrogen and oxygen atoms in total. The lowest BCUT2D eigenvalue weighted by Crippen LogP contribution is -2.35. The second-order valence-corrected chi connectivity index (χ2v) is 6.51. The fourth-order valence-electron chi connectivity index (χ4n) is 3.10. The molecule has 3 rings (SSSR count). The number of alkyl halides is 3. The van der Waals surface area contributed by atoms with Gasteiger partial charge in [0.1, 0.15) is 0 Å². The number of rotatable bonds is 3. The maximum Gasteiger partial charge on any atom is 0.471 e. The van der Waals surface area contributed by atoms with E-state index in [0.29, 0.717) is 11.1 Å². The molecule has 1 aromatic heterocycles. The molecule has 0 saturated heterocycles. The number of nitrogens with zero attached hydrogens (tertiary/aromatic N) is 2. The predicted molar refractivity (Wildman–Crippen MR) is 88.3 cm³/mol. The summed E-state index contributed by atoms with van der Waals surface area (Å²) >= 11 is 0. The van der Waals surface area contributed by atoms with E-state index in [1.54, 1.807) is 12.1 Å². The number of carbonyl (C=O) groups is 1. The van der Waals surface area contributed by atoms with Crippen LogP contribution in [0.25, 0.3) is 11.4 Å². The Hall–Kier alpha value is -2.38. The summed E-state index contributed by atoms with van der Waals surface area (Å²) in [5.74, 6) is -1.73. The van der Waals surface area contributed by atoms with Gasteiger partial charge in [-0.2, -0.15) is 18.2 Å². The summed E-state index contributed by atoms with van der Waals surface area (Å²) < 4.78 is 41.8. The van der Waals surface area contributed by atoms with E-state index in [1.165, 1.54) is 31.4 Å². The molecule has 0 bridgehead atoms. The van der Waals surface area contributed by atoms with Gasteiger partial charge in [0.05, 0.1) is 0 Å². The van der Waals surface area contributed by atoms with E-state index >= 15 is 0 Å². The first kappa shape index (κ1) is 18.4. The van der Waals surface area contributed by atoms with Crippen LogP contribution in [0.4, 0.5) is 13.2 Å². The Balaban J connectivity index is 1.65. The summed E-state index contributed by atoms with van der Waals surface area (Å²) in [6.07, 6.45) is 3.17. The lowest BCUT2D eigenvalue weighted by atomic mass is 9.96. The number of hydrogen-bond acceptors (Lipinski definition) is 4. The van der Waals surface area contributed by atoms with Crippen LogP contribution in [-0.2, 0) is 6.18 Å². The molecular weight excluding hydrogens is 347 g/mol. The Labute approximate surface area is 149 Å². The number of benzene rings is 1. The molecule has 140 valence electrons. The SMILES string of the molecule is O=C(NC1CCCCCCC1)c1ccc(-c2noc(C(F)(F)F)n2)cc1. The molecule has 1 N–H and O–H groups in total. The van der Waals surface area contributed by atoms with E-state index in [0.717, 1.165) is 25.7 Å². The van der Waals surface area contributed by atoms with Crippen molar-refractivity contribution in [3.63, 3.8) is 0 Å². The zero-order valence-corrected chi connectivity index (χ0v) is 14.2. The molecular formula is C18H20F3N3O2. The van der Waals surface area contributed by atoms with Crippen molar-refractivity contribution in [1.29, 1.82) is 0 Å². The fourth-order valence-corrected chi connectivity index (χ4v) is 3.10. The second-order valence-electron chi connectivity index (χ2n) is 6.51. The van der Waals surface area contributed by atoms with Crippen molar-refractivity contribution in [3.05, 3.63) is 35.7 Å². The highest BCUT2D eigenvalue weighted by molar-refractivity contribution is 5.94. The molecule has 8 heteroatoms. The summed E-state index contributed by atoms with van der Waals surface area (Å²) in [6.45, 7) is 0. The van der Waals surface area contributed by atoms with Crippen molar-refractivity contribution < 1.29 is 22.5 Å². The van der Waals surface area contributed by atoms with Gasteiger partial charge in [0.15, 0.2) is 0 Å². The Morgan fingerprint density at radius 1 is 1.04 bits per heavy atom. The van der Waals surface area contributed by atoms with Gasteiger partial charge < -0.3 is 9.84 Å². The van der Waals surface area contributed by atoms with Crippen molar-refractivity contribution in [3.8, 4) is 11.4 Å². The van der Waals surface area contributed by atoms with E-state index in [1.807, 2.05) is 0 Å². The minimum absolute atomic E-state index is 0.163. The molecule has 1 aliphatic carbocycles. The lowest BCUT2D eigenvalue weighted by molar-refractivity contribution is -0.159. The first-order valence-electron chi connectivity index (χ1n) is 8.76. The summed E-state index contributed by atoms with van der Waals surface area (Å²) in [5, 5.41) is 6.38. The van der Waals surface area contributed by atoms with Crippen LogP contribution in [0.5, 0.6) is 0 Å². The van der Waals surface area contributed by atoms with Gasteiger partial charge in [-0.15, -0.1) is 0 Å². The number of aromatic nitrogens is 2. The lowest BCUT2D eigenvalue weighted by Gasteiger charge is -2.21. The zero-order valence-electron chi connectivity index (χ0n) is 14.2. The maximum atomic E-state index is 12.5. The van der Waals surface area contributed by atoms with E-state index < -0.39 is 12.1 Å². The van der Waals surface area contributed by atoms with Gasteiger partial charge in [-0.3, -0.25) is 4.79 Å². The maximum absolute atomic E-state index is 12.5. The van der Waals surface area contributed by atoms with Crippen molar-refractivity contribution in [2.75, 3.05) is 0 Å². The van der Waals surface area contributed by atoms with Gasteiger partial charge in [-0.1, -0.05) is 49.4 Å². The molecule has 1 fully saturated rings. The summed E-state index contributed by atoms with van der Waals surface area (Å²) in [4.78, 5) is 15.7. The van der Waals surface area contributed by atoms with Crippen LogP contribution in [0, 0.1) is 0 Å². The summed E-state index contributed by atoms with van der Waals surface area (Å²) in [6, 6.07) is 6.30. The third-order valence-corrected chi connectivity index (χ3v) is 4.51. The van der Waals surface area contributed by atoms with E-state index in [4.69, 9.17) is 0 Å². The number of halogens is 3. The second kappa shape index (κ2) is 7.88. The van der Waals surface area contributed by atoms with E-state index in [2.05, 4.69) is 20.0 Å². The standard InChI is InChI=1S/C18H20F3N3O2/c19-18(20,21)17-23-15(24-26-17)12-8-10-13(11-9-12)16(25)22-14-6-4-2-1-3-5-7-14/h8-11,14H,1-7H2,(H,22,25). The van der Waals surface area contributed by atoms with Crippen LogP contribution in [0.3, 0.4) is 0 Å². The molecule has 2 aromatic rings. The quantitative estimate of drug-likeness (QED) is 0.861. The van der Waals surface area contributed by atoms with E-state index in [-0.39, 0.29) is 17.8 Å². The normalized spacial score (nSPS) is 16.7. The highest BCUT2D eigenvalue weighted by atomic mass is 19.4. The molecule has 1 saturated carbocycles. The first-order chi connectivity index (χ1) is 12.4. The van der Waals surface area contributed by atoms with Gasteiger partial charge in [-0.25, -0.2) is 0 Å². The predicted octanol–water partition coefficient (Wildman–Crippen LogP) is 4.60. The minimum Gasteiger partial charge on any atom is -0.349 e. The Kier molecular flexibility index (Phi) is 5.58.